The van der Waals surface area contributed by atoms with Crippen LogP contribution in [0.4, 0.5) is 0 Å². The van der Waals surface area contributed by atoms with Crippen LogP contribution in [0, 0.1) is 17.0 Å². The van der Waals surface area contributed by atoms with Gasteiger partial charge >= 0.3 is 0 Å². The molecular weight excluding hydrogens is 178 g/mol. The highest BCUT2D eigenvalue weighted by molar-refractivity contribution is 4.84. The van der Waals surface area contributed by atoms with E-state index in [1.807, 2.05) is 13.0 Å². The maximum absolute atomic E-state index is 11.1. The summed E-state index contributed by atoms with van der Waals surface area (Å²) in [6.45, 7) is 7.45. The summed E-state index contributed by atoms with van der Waals surface area (Å²) in [6.07, 6.45) is 4.88. The van der Waals surface area contributed by atoms with Crippen LogP contribution in [0.2, 0.25) is 0 Å². The van der Waals surface area contributed by atoms with E-state index in [9.17, 15) is 5.21 Å². The number of aliphatic hydroxyl groups is 1. The average Bonchev–Trinajstić information content (AvgIpc) is 2.21. The van der Waals surface area contributed by atoms with Crippen LogP contribution in [0.1, 0.15) is 33.6 Å². The van der Waals surface area contributed by atoms with Crippen molar-refractivity contribution < 1.29 is 10.2 Å². The number of hydrogen-bond donors (Lipinski definition) is 2. The van der Waals surface area contributed by atoms with Crippen molar-refractivity contribution in [2.45, 2.75) is 33.6 Å². The molecule has 2 N–H and O–H groups in total. The summed E-state index contributed by atoms with van der Waals surface area (Å²) in [7, 11) is 0. The summed E-state index contributed by atoms with van der Waals surface area (Å²) in [5.74, 6) is 0.864. The van der Waals surface area contributed by atoms with E-state index in [0.717, 1.165) is 19.1 Å². The minimum absolute atomic E-state index is 0.333. The van der Waals surface area contributed by atoms with Gasteiger partial charge in [0.05, 0.1) is 19.4 Å². The second kappa shape index (κ2) is 7.83. The maximum Gasteiger partial charge on any atom is 0.0770 e. The number of quaternary nitrogens is 1. The number of nitrogens with one attached hydrogen (secondary N) is 1. The van der Waals surface area contributed by atoms with E-state index in [1.54, 1.807) is 0 Å². The quantitative estimate of drug-likeness (QED) is 0.484. The lowest BCUT2D eigenvalue weighted by Gasteiger charge is -2.24. The van der Waals surface area contributed by atoms with Gasteiger partial charge in [-0.3, -0.25) is 0 Å². The van der Waals surface area contributed by atoms with Gasteiger partial charge in [0.2, 0.25) is 0 Å². The summed E-state index contributed by atoms with van der Waals surface area (Å²) >= 11 is 0. The lowest BCUT2D eigenvalue weighted by atomic mass is 9.89. The van der Waals surface area contributed by atoms with Crippen molar-refractivity contribution in [3.63, 3.8) is 0 Å². The van der Waals surface area contributed by atoms with E-state index in [0.29, 0.717) is 30.0 Å². The molecule has 0 saturated carbocycles. The largest absolute Gasteiger partial charge is 0.634 e. The molecule has 0 spiro atoms. The topological polar surface area (TPSA) is 47.7 Å². The molecule has 0 rings (SSSR count). The molecule has 0 heterocycles. The standard InChI is InChI=1S/C11H23NO2/c1-4-11(7-9-13)10(3)6-8-12(14)5-2/h7,9-13H,4-6,8H2,1-3H3/b9-7-/t10-,11+/m1/s1. The smallest absolute Gasteiger partial charge is 0.0770 e. The van der Waals surface area contributed by atoms with Gasteiger partial charge in [0.25, 0.3) is 0 Å². The molecule has 0 aromatic rings. The summed E-state index contributed by atoms with van der Waals surface area (Å²) in [5, 5.41) is 20.1. The Morgan fingerprint density at radius 3 is 2.50 bits per heavy atom. The molecule has 0 aliphatic heterocycles. The first-order valence-corrected chi connectivity index (χ1v) is 5.48. The van der Waals surface area contributed by atoms with Crippen LogP contribution in [0.15, 0.2) is 12.3 Å². The molecule has 0 aromatic carbocycles. The van der Waals surface area contributed by atoms with E-state index in [1.165, 1.54) is 0 Å². The highest BCUT2D eigenvalue weighted by Gasteiger charge is 2.13. The van der Waals surface area contributed by atoms with E-state index in [-0.39, 0.29) is 0 Å². The van der Waals surface area contributed by atoms with Gasteiger partial charge in [-0.05, 0) is 37.7 Å². The first-order chi connectivity index (χ1) is 6.65. The number of aliphatic hydroxyl groups excluding tert-OH is 1. The molecule has 0 aliphatic carbocycles. The number of allylic oxidation sites excluding steroid dienone is 1. The number of rotatable bonds is 7. The molecule has 14 heavy (non-hydrogen) atoms. The van der Waals surface area contributed by atoms with Gasteiger partial charge in [-0.15, -0.1) is 0 Å². The molecule has 1 unspecified atom stereocenters. The fraction of sp³-hybridized carbons (Fsp3) is 0.818. The van der Waals surface area contributed by atoms with Crippen LogP contribution < -0.4 is 5.06 Å². The average molecular weight is 201 g/mol. The third-order valence-electron chi connectivity index (χ3n) is 2.81. The van der Waals surface area contributed by atoms with Crippen LogP contribution in [-0.4, -0.2) is 18.2 Å². The summed E-state index contributed by atoms with van der Waals surface area (Å²) in [4.78, 5) is 0. The van der Waals surface area contributed by atoms with Gasteiger partial charge in [0, 0.05) is 0 Å². The van der Waals surface area contributed by atoms with Gasteiger partial charge in [-0.25, -0.2) is 0 Å². The lowest BCUT2D eigenvalue weighted by Crippen LogP contribution is -3.06. The van der Waals surface area contributed by atoms with Gasteiger partial charge in [-0.1, -0.05) is 13.8 Å². The third-order valence-corrected chi connectivity index (χ3v) is 2.81. The molecule has 0 saturated heterocycles. The zero-order valence-electron chi connectivity index (χ0n) is 9.49. The third kappa shape index (κ3) is 5.25. The Morgan fingerprint density at radius 2 is 2.07 bits per heavy atom. The van der Waals surface area contributed by atoms with E-state index in [4.69, 9.17) is 5.11 Å². The molecule has 84 valence electrons. The molecular formula is C11H23NO2. The lowest BCUT2D eigenvalue weighted by molar-refractivity contribution is -0.846. The molecule has 3 nitrogen and oxygen atoms in total. The van der Waals surface area contributed by atoms with Crippen molar-refractivity contribution in [3.8, 4) is 0 Å². The highest BCUT2D eigenvalue weighted by Crippen LogP contribution is 2.19. The highest BCUT2D eigenvalue weighted by atomic mass is 16.5. The van der Waals surface area contributed by atoms with Crippen molar-refractivity contribution in [2.24, 2.45) is 11.8 Å². The van der Waals surface area contributed by atoms with Crippen LogP contribution >= 0.6 is 0 Å². The molecule has 3 heteroatoms. The maximum atomic E-state index is 11.1. The first-order valence-electron chi connectivity index (χ1n) is 5.48. The Balaban J connectivity index is 3.85. The Hall–Kier alpha value is -0.540. The minimum atomic E-state index is 0.333. The second-order valence-corrected chi connectivity index (χ2v) is 3.82. The van der Waals surface area contributed by atoms with E-state index in [2.05, 4.69) is 13.8 Å². The zero-order valence-corrected chi connectivity index (χ0v) is 9.49. The van der Waals surface area contributed by atoms with Crippen LogP contribution in [-0.2, 0) is 0 Å². The Morgan fingerprint density at radius 1 is 1.43 bits per heavy atom. The normalized spacial score (nSPS) is 18.3. The number of hydrogen-bond acceptors (Lipinski definition) is 2. The summed E-state index contributed by atoms with van der Waals surface area (Å²) in [5.41, 5.74) is 0. The predicted molar refractivity (Wildman–Crippen MR) is 59.1 cm³/mol. The van der Waals surface area contributed by atoms with Gasteiger partial charge in [0.1, 0.15) is 0 Å². The monoisotopic (exact) mass is 201 g/mol. The first kappa shape index (κ1) is 13.5. The summed E-state index contributed by atoms with van der Waals surface area (Å²) in [6, 6.07) is 0. The molecule has 0 amide bonds. The van der Waals surface area contributed by atoms with Crippen molar-refractivity contribution in [2.75, 3.05) is 13.1 Å². The molecule has 0 aromatic heterocycles. The van der Waals surface area contributed by atoms with Crippen molar-refractivity contribution in [1.82, 2.24) is 0 Å². The van der Waals surface area contributed by atoms with Gasteiger partial charge in [0.15, 0.2) is 0 Å². The molecule has 3 atom stereocenters. The van der Waals surface area contributed by atoms with Crippen LogP contribution in [0.5, 0.6) is 0 Å². The number of hydroxylamine groups is 2. The second-order valence-electron chi connectivity index (χ2n) is 3.82. The fourth-order valence-electron chi connectivity index (χ4n) is 1.62. The Labute approximate surface area is 87.0 Å². The van der Waals surface area contributed by atoms with Crippen molar-refractivity contribution in [3.05, 3.63) is 17.5 Å². The van der Waals surface area contributed by atoms with E-state index >= 15 is 0 Å². The Kier molecular flexibility index (Phi) is 7.52. The summed E-state index contributed by atoms with van der Waals surface area (Å²) < 4.78 is 0. The van der Waals surface area contributed by atoms with Gasteiger partial charge < -0.3 is 15.4 Å². The van der Waals surface area contributed by atoms with Crippen molar-refractivity contribution >= 4 is 0 Å². The molecule has 0 fully saturated rings. The van der Waals surface area contributed by atoms with E-state index < -0.39 is 0 Å². The van der Waals surface area contributed by atoms with Crippen molar-refractivity contribution in [1.29, 1.82) is 0 Å². The zero-order chi connectivity index (χ0) is 11.0. The molecule has 0 aliphatic rings. The molecule has 0 radical (unpaired) electrons. The van der Waals surface area contributed by atoms with Gasteiger partial charge in [-0.2, -0.15) is 0 Å². The van der Waals surface area contributed by atoms with Crippen LogP contribution in [0.3, 0.4) is 0 Å². The SMILES string of the molecule is CC[C@@H](/C=C\O)[C@H](C)CC[NH+]([O-])CC. The molecule has 0 bridgehead atoms. The van der Waals surface area contributed by atoms with Crippen LogP contribution in [0.25, 0.3) is 0 Å². The fourth-order valence-corrected chi connectivity index (χ4v) is 1.62. The predicted octanol–water partition coefficient (Wildman–Crippen LogP) is 1.51. The Bertz CT molecular complexity index is 159. The minimum Gasteiger partial charge on any atom is -0.634 e.